The Morgan fingerprint density at radius 3 is 2.52 bits per heavy atom. The summed E-state index contributed by atoms with van der Waals surface area (Å²) in [5, 5.41) is 11.5. The minimum absolute atomic E-state index is 0.0879. The van der Waals surface area contributed by atoms with Crippen LogP contribution in [0.4, 0.5) is 4.79 Å². The molecule has 6 nitrogen and oxygen atoms in total. The van der Waals surface area contributed by atoms with Crippen LogP contribution in [0, 0.1) is 0 Å². The highest BCUT2D eigenvalue weighted by Crippen LogP contribution is 2.24. The van der Waals surface area contributed by atoms with E-state index >= 15 is 0 Å². The maximum Gasteiger partial charge on any atom is 0.412 e. The van der Waals surface area contributed by atoms with Gasteiger partial charge in [0.25, 0.3) is 0 Å². The van der Waals surface area contributed by atoms with Crippen LogP contribution in [-0.2, 0) is 0 Å². The highest BCUT2D eigenvalue weighted by atomic mass is 16.6. The van der Waals surface area contributed by atoms with Crippen molar-refractivity contribution in [1.29, 1.82) is 0 Å². The van der Waals surface area contributed by atoms with Gasteiger partial charge in [-0.05, 0) is 55.2 Å². The Hall–Kier alpha value is -2.86. The SMILES string of the molecule is CC(CCCO)NC(=O)Oc1cccc(-c2cccc(C(N)=O)c2)c1. The van der Waals surface area contributed by atoms with Crippen molar-refractivity contribution < 1.29 is 19.4 Å². The number of nitrogens with one attached hydrogen (secondary N) is 1. The van der Waals surface area contributed by atoms with Crippen LogP contribution in [0.5, 0.6) is 5.75 Å². The van der Waals surface area contributed by atoms with Gasteiger partial charge in [0.1, 0.15) is 5.75 Å². The van der Waals surface area contributed by atoms with E-state index in [1.165, 1.54) is 0 Å². The Balaban J connectivity index is 2.07. The predicted octanol–water partition coefficient (Wildman–Crippen LogP) is 2.70. The van der Waals surface area contributed by atoms with Gasteiger partial charge in [0, 0.05) is 18.2 Å². The fraction of sp³-hybridized carbons (Fsp3) is 0.263. The van der Waals surface area contributed by atoms with E-state index in [2.05, 4.69) is 5.32 Å². The highest BCUT2D eigenvalue weighted by Gasteiger charge is 2.10. The van der Waals surface area contributed by atoms with Gasteiger partial charge in [-0.1, -0.05) is 24.3 Å². The fourth-order valence-corrected chi connectivity index (χ4v) is 2.40. The molecule has 1 unspecified atom stereocenters. The number of amides is 2. The van der Waals surface area contributed by atoms with E-state index in [9.17, 15) is 9.59 Å². The molecule has 0 bridgehead atoms. The number of ether oxygens (including phenoxy) is 1. The van der Waals surface area contributed by atoms with Crippen molar-refractivity contribution in [3.8, 4) is 16.9 Å². The molecule has 2 aromatic rings. The number of carbonyl (C=O) groups is 2. The monoisotopic (exact) mass is 342 g/mol. The van der Waals surface area contributed by atoms with Crippen LogP contribution in [-0.4, -0.2) is 29.8 Å². The number of aliphatic hydroxyl groups is 1. The van der Waals surface area contributed by atoms with E-state index in [4.69, 9.17) is 15.6 Å². The van der Waals surface area contributed by atoms with E-state index in [0.29, 0.717) is 24.2 Å². The molecule has 0 radical (unpaired) electrons. The van der Waals surface area contributed by atoms with Gasteiger partial charge in [-0.15, -0.1) is 0 Å². The lowest BCUT2D eigenvalue weighted by molar-refractivity contribution is 0.1000. The minimum Gasteiger partial charge on any atom is -0.410 e. The van der Waals surface area contributed by atoms with Gasteiger partial charge in [-0.25, -0.2) is 4.79 Å². The van der Waals surface area contributed by atoms with E-state index < -0.39 is 12.0 Å². The number of benzene rings is 2. The van der Waals surface area contributed by atoms with Crippen molar-refractivity contribution in [2.24, 2.45) is 5.73 Å². The molecule has 4 N–H and O–H groups in total. The van der Waals surface area contributed by atoms with Crippen molar-refractivity contribution in [2.75, 3.05) is 6.61 Å². The number of primary amides is 1. The second-order valence-corrected chi connectivity index (χ2v) is 5.77. The van der Waals surface area contributed by atoms with Crippen LogP contribution >= 0.6 is 0 Å². The normalized spacial score (nSPS) is 11.6. The molecule has 0 saturated carbocycles. The zero-order valence-electron chi connectivity index (χ0n) is 14.1. The zero-order valence-corrected chi connectivity index (χ0v) is 14.1. The van der Waals surface area contributed by atoms with Gasteiger partial charge < -0.3 is 20.9 Å². The predicted molar refractivity (Wildman–Crippen MR) is 95.3 cm³/mol. The molecule has 25 heavy (non-hydrogen) atoms. The highest BCUT2D eigenvalue weighted by molar-refractivity contribution is 5.94. The van der Waals surface area contributed by atoms with Crippen molar-refractivity contribution in [3.05, 3.63) is 54.1 Å². The Morgan fingerprint density at radius 1 is 1.16 bits per heavy atom. The average molecular weight is 342 g/mol. The zero-order chi connectivity index (χ0) is 18.2. The summed E-state index contributed by atoms with van der Waals surface area (Å²) < 4.78 is 5.30. The topological polar surface area (TPSA) is 102 Å². The molecule has 0 saturated heterocycles. The quantitative estimate of drug-likeness (QED) is 0.720. The second kappa shape index (κ2) is 8.84. The summed E-state index contributed by atoms with van der Waals surface area (Å²) in [6.45, 7) is 1.94. The molecule has 0 fully saturated rings. The molecule has 132 valence electrons. The summed E-state index contributed by atoms with van der Waals surface area (Å²) in [5.41, 5.74) is 7.33. The van der Waals surface area contributed by atoms with E-state index in [1.807, 2.05) is 19.1 Å². The first-order chi connectivity index (χ1) is 12.0. The molecular weight excluding hydrogens is 320 g/mol. The molecular formula is C19H22N2O4. The molecule has 6 heteroatoms. The average Bonchev–Trinajstić information content (AvgIpc) is 2.60. The lowest BCUT2D eigenvalue weighted by atomic mass is 10.0. The van der Waals surface area contributed by atoms with Gasteiger partial charge in [-0.3, -0.25) is 4.79 Å². The summed E-state index contributed by atoms with van der Waals surface area (Å²) in [5.74, 6) is -0.0978. The number of hydrogen-bond donors (Lipinski definition) is 3. The molecule has 2 aromatic carbocycles. The fourth-order valence-electron chi connectivity index (χ4n) is 2.40. The standard InChI is InChI=1S/C19H22N2O4/c1-13(5-4-10-22)21-19(24)25-17-9-3-7-15(12-17)14-6-2-8-16(11-14)18(20)23/h2-3,6-9,11-13,22H,4-5,10H2,1H3,(H2,20,23)(H,21,24). The summed E-state index contributed by atoms with van der Waals surface area (Å²) in [6, 6.07) is 13.9. The van der Waals surface area contributed by atoms with Crippen molar-refractivity contribution >= 4 is 12.0 Å². The Bertz CT molecular complexity index is 746. The van der Waals surface area contributed by atoms with Crippen LogP contribution in [0.2, 0.25) is 0 Å². The Kier molecular flexibility index (Phi) is 6.54. The van der Waals surface area contributed by atoms with Crippen LogP contribution in [0.15, 0.2) is 48.5 Å². The van der Waals surface area contributed by atoms with Crippen LogP contribution < -0.4 is 15.8 Å². The lowest BCUT2D eigenvalue weighted by Crippen LogP contribution is -2.34. The van der Waals surface area contributed by atoms with Crippen LogP contribution in [0.3, 0.4) is 0 Å². The second-order valence-electron chi connectivity index (χ2n) is 5.77. The third-order valence-electron chi connectivity index (χ3n) is 3.68. The van der Waals surface area contributed by atoms with Gasteiger partial charge in [-0.2, -0.15) is 0 Å². The smallest absolute Gasteiger partial charge is 0.410 e. The molecule has 2 rings (SSSR count). The van der Waals surface area contributed by atoms with Gasteiger partial charge in [0.05, 0.1) is 0 Å². The largest absolute Gasteiger partial charge is 0.412 e. The number of carbonyl (C=O) groups excluding carboxylic acids is 2. The third kappa shape index (κ3) is 5.61. The first-order valence-corrected chi connectivity index (χ1v) is 8.09. The summed E-state index contributed by atoms with van der Waals surface area (Å²) in [7, 11) is 0. The number of nitrogens with two attached hydrogens (primary N) is 1. The van der Waals surface area contributed by atoms with E-state index in [1.54, 1.807) is 36.4 Å². The summed E-state index contributed by atoms with van der Waals surface area (Å²) in [6.07, 6.45) is 0.743. The molecule has 0 aliphatic rings. The molecule has 0 spiro atoms. The first-order valence-electron chi connectivity index (χ1n) is 8.09. The molecule has 0 aromatic heterocycles. The van der Waals surface area contributed by atoms with E-state index in [0.717, 1.165) is 11.1 Å². The van der Waals surface area contributed by atoms with Crippen molar-refractivity contribution in [3.63, 3.8) is 0 Å². The van der Waals surface area contributed by atoms with E-state index in [-0.39, 0.29) is 12.6 Å². The maximum atomic E-state index is 11.9. The number of aliphatic hydroxyl groups excluding tert-OH is 1. The minimum atomic E-state index is -0.548. The Labute approximate surface area is 146 Å². The van der Waals surface area contributed by atoms with Gasteiger partial charge >= 0.3 is 6.09 Å². The van der Waals surface area contributed by atoms with Gasteiger partial charge in [0.2, 0.25) is 5.91 Å². The van der Waals surface area contributed by atoms with Crippen molar-refractivity contribution in [2.45, 2.75) is 25.8 Å². The van der Waals surface area contributed by atoms with Crippen LogP contribution in [0.1, 0.15) is 30.1 Å². The molecule has 0 heterocycles. The first kappa shape index (κ1) is 18.5. The lowest BCUT2D eigenvalue weighted by Gasteiger charge is -2.13. The molecule has 1 atom stereocenters. The molecule has 0 aliphatic heterocycles. The third-order valence-corrected chi connectivity index (χ3v) is 3.68. The van der Waals surface area contributed by atoms with Gasteiger partial charge in [0.15, 0.2) is 0 Å². The summed E-state index contributed by atoms with van der Waals surface area (Å²) >= 11 is 0. The maximum absolute atomic E-state index is 11.9. The van der Waals surface area contributed by atoms with Crippen molar-refractivity contribution in [1.82, 2.24) is 5.32 Å². The number of rotatable bonds is 7. The van der Waals surface area contributed by atoms with Crippen LogP contribution in [0.25, 0.3) is 11.1 Å². The Morgan fingerprint density at radius 2 is 1.84 bits per heavy atom. The number of hydrogen-bond acceptors (Lipinski definition) is 4. The summed E-state index contributed by atoms with van der Waals surface area (Å²) in [4.78, 5) is 23.2. The molecule has 0 aliphatic carbocycles. The molecule has 2 amide bonds.